The lowest BCUT2D eigenvalue weighted by Crippen LogP contribution is -2.36. The Hall–Kier alpha value is -2.71. The predicted molar refractivity (Wildman–Crippen MR) is 117 cm³/mol. The van der Waals surface area contributed by atoms with E-state index in [1.54, 1.807) is 25.6 Å². The van der Waals surface area contributed by atoms with Gasteiger partial charge >= 0.3 is 11.9 Å². The monoisotopic (exact) mass is 422 g/mol. The van der Waals surface area contributed by atoms with Crippen LogP contribution in [0.2, 0.25) is 0 Å². The van der Waals surface area contributed by atoms with E-state index in [1.807, 2.05) is 62.4 Å². The molecule has 0 saturated heterocycles. The first kappa shape index (κ1) is 22.0. The van der Waals surface area contributed by atoms with Gasteiger partial charge in [-0.3, -0.25) is 9.59 Å². The predicted octanol–water partition coefficient (Wildman–Crippen LogP) is 5.33. The Morgan fingerprint density at radius 2 is 1.60 bits per heavy atom. The van der Waals surface area contributed by atoms with Crippen molar-refractivity contribution in [2.45, 2.75) is 62.0 Å². The second-order valence-electron chi connectivity index (χ2n) is 7.86. The molecular weight excluding hydrogens is 396 g/mol. The zero-order valence-electron chi connectivity index (χ0n) is 17.9. The summed E-state index contributed by atoms with van der Waals surface area (Å²) in [4.78, 5) is 26.4. The van der Waals surface area contributed by atoms with Crippen molar-refractivity contribution in [1.29, 1.82) is 0 Å². The van der Waals surface area contributed by atoms with Gasteiger partial charge in [-0.05, 0) is 38.3 Å². The zero-order chi connectivity index (χ0) is 21.9. The molecule has 0 N–H and O–H groups in total. The Balaban J connectivity index is 2.15. The van der Waals surface area contributed by atoms with E-state index in [1.165, 1.54) is 6.92 Å². The highest BCUT2D eigenvalue weighted by molar-refractivity contribution is 7.99. The lowest BCUT2D eigenvalue weighted by Gasteiger charge is -2.36. The van der Waals surface area contributed by atoms with Crippen LogP contribution >= 0.6 is 11.8 Å². The molecule has 0 fully saturated rings. The molecule has 4 nitrogen and oxygen atoms in total. The van der Waals surface area contributed by atoms with Gasteiger partial charge in [0, 0.05) is 27.8 Å². The molecule has 2 aromatic rings. The summed E-state index contributed by atoms with van der Waals surface area (Å²) >= 11 is 1.62. The van der Waals surface area contributed by atoms with Crippen LogP contribution in [0.25, 0.3) is 0 Å². The van der Waals surface area contributed by atoms with Gasteiger partial charge in [-0.15, -0.1) is 0 Å². The van der Waals surface area contributed by atoms with Crippen LogP contribution in [-0.2, 0) is 24.7 Å². The van der Waals surface area contributed by atoms with E-state index in [-0.39, 0.29) is 11.9 Å². The van der Waals surface area contributed by atoms with E-state index in [0.717, 1.165) is 20.9 Å². The normalized spacial score (nSPS) is 15.0. The van der Waals surface area contributed by atoms with Gasteiger partial charge in [0.2, 0.25) is 5.60 Å². The number of carbonyl (C=O) groups excluding carboxylic acids is 2. The molecule has 30 heavy (non-hydrogen) atoms. The zero-order valence-corrected chi connectivity index (χ0v) is 18.8. The first-order chi connectivity index (χ1) is 14.2. The van der Waals surface area contributed by atoms with Crippen molar-refractivity contribution in [2.75, 3.05) is 0 Å². The van der Waals surface area contributed by atoms with Gasteiger partial charge < -0.3 is 9.47 Å². The van der Waals surface area contributed by atoms with E-state index in [2.05, 4.69) is 11.8 Å². The second kappa shape index (κ2) is 8.57. The molecule has 1 atom stereocenters. The Kier molecular flexibility index (Phi) is 6.28. The van der Waals surface area contributed by atoms with Gasteiger partial charge in [-0.2, -0.15) is 0 Å². The molecule has 156 valence electrons. The summed E-state index contributed by atoms with van der Waals surface area (Å²) in [6.07, 6.45) is 0.692. The summed E-state index contributed by atoms with van der Waals surface area (Å²) in [6.45, 7) is 8.64. The van der Waals surface area contributed by atoms with Gasteiger partial charge in [0.05, 0.1) is 5.92 Å². The molecule has 1 aliphatic rings. The minimum Gasteiger partial charge on any atom is -0.446 e. The Labute approximate surface area is 182 Å². The number of esters is 2. The average molecular weight is 423 g/mol. The van der Waals surface area contributed by atoms with Crippen LogP contribution in [0.1, 0.15) is 52.2 Å². The fourth-order valence-electron chi connectivity index (χ4n) is 3.23. The number of carbonyl (C=O) groups is 2. The molecular formula is C25H26O4S. The van der Waals surface area contributed by atoms with Crippen molar-refractivity contribution >= 4 is 23.7 Å². The first-order valence-corrected chi connectivity index (χ1v) is 10.8. The van der Waals surface area contributed by atoms with Crippen LogP contribution < -0.4 is 0 Å². The van der Waals surface area contributed by atoms with Crippen molar-refractivity contribution < 1.29 is 19.1 Å². The molecule has 3 rings (SSSR count). The van der Waals surface area contributed by atoms with Crippen LogP contribution in [0.5, 0.6) is 0 Å². The quantitative estimate of drug-likeness (QED) is 0.492. The third-order valence-corrected chi connectivity index (χ3v) is 6.11. The Bertz CT molecular complexity index is 983. The summed E-state index contributed by atoms with van der Waals surface area (Å²) in [5.74, 6) is 5.35. The molecule has 1 aliphatic heterocycles. The molecule has 0 spiro atoms. The molecule has 0 bridgehead atoms. The maximum Gasteiger partial charge on any atom is 0.310 e. The van der Waals surface area contributed by atoms with Crippen molar-refractivity contribution in [3.05, 3.63) is 59.7 Å². The van der Waals surface area contributed by atoms with Gasteiger partial charge in [0.15, 0.2) is 5.60 Å². The molecule has 0 aromatic heterocycles. The summed E-state index contributed by atoms with van der Waals surface area (Å²) in [5, 5.41) is 0. The van der Waals surface area contributed by atoms with Gasteiger partial charge in [-0.25, -0.2) is 0 Å². The minimum atomic E-state index is -1.27. The van der Waals surface area contributed by atoms with Crippen molar-refractivity contribution in [2.24, 2.45) is 5.92 Å². The molecule has 1 heterocycles. The standard InChI is InChI=1S/C25H26O4S/c1-6-17(2)23(27)29-24(4,5)15-16-25(28-18(3)26)19-11-7-9-13-21(19)30-22-14-10-8-12-20(22)25/h7-14,17H,6H2,1-5H3. The van der Waals surface area contributed by atoms with Crippen LogP contribution in [0.3, 0.4) is 0 Å². The SMILES string of the molecule is CCC(C)C(=O)OC(C)(C)C#CC1(OC(C)=O)c2ccccc2Sc2ccccc21. The lowest BCUT2D eigenvalue weighted by atomic mass is 9.85. The largest absolute Gasteiger partial charge is 0.446 e. The molecule has 2 aromatic carbocycles. The van der Waals surface area contributed by atoms with Crippen LogP contribution in [0.15, 0.2) is 58.3 Å². The highest BCUT2D eigenvalue weighted by atomic mass is 32.2. The van der Waals surface area contributed by atoms with Crippen molar-refractivity contribution in [3.63, 3.8) is 0 Å². The molecule has 0 aliphatic carbocycles. The van der Waals surface area contributed by atoms with E-state index in [4.69, 9.17) is 9.47 Å². The molecule has 5 heteroatoms. The van der Waals surface area contributed by atoms with Crippen LogP contribution in [0, 0.1) is 17.8 Å². The third kappa shape index (κ3) is 4.39. The van der Waals surface area contributed by atoms with Crippen LogP contribution in [0.4, 0.5) is 0 Å². The van der Waals surface area contributed by atoms with Gasteiger partial charge in [-0.1, -0.05) is 67.9 Å². The summed E-state index contributed by atoms with van der Waals surface area (Å²) in [6, 6.07) is 15.5. The summed E-state index contributed by atoms with van der Waals surface area (Å²) < 4.78 is 11.6. The highest BCUT2D eigenvalue weighted by Gasteiger charge is 2.43. The van der Waals surface area contributed by atoms with Crippen LogP contribution in [-0.4, -0.2) is 17.5 Å². The number of fused-ring (bicyclic) bond motifs is 2. The number of hydrogen-bond donors (Lipinski definition) is 0. The van der Waals surface area contributed by atoms with Crippen molar-refractivity contribution in [1.82, 2.24) is 0 Å². The first-order valence-electron chi connectivity index (χ1n) is 10.0. The molecule has 0 radical (unpaired) electrons. The molecule has 1 unspecified atom stereocenters. The van der Waals surface area contributed by atoms with E-state index in [9.17, 15) is 9.59 Å². The summed E-state index contributed by atoms with van der Waals surface area (Å²) in [5.41, 5.74) is -0.701. The Morgan fingerprint density at radius 1 is 1.07 bits per heavy atom. The topological polar surface area (TPSA) is 52.6 Å². The Morgan fingerprint density at radius 3 is 2.10 bits per heavy atom. The van der Waals surface area contributed by atoms with E-state index in [0.29, 0.717) is 6.42 Å². The van der Waals surface area contributed by atoms with Gasteiger partial charge in [0.25, 0.3) is 0 Å². The number of hydrogen-bond acceptors (Lipinski definition) is 5. The van der Waals surface area contributed by atoms with E-state index >= 15 is 0 Å². The maximum atomic E-state index is 12.3. The maximum absolute atomic E-state index is 12.3. The molecule has 0 amide bonds. The van der Waals surface area contributed by atoms with Gasteiger partial charge in [0.1, 0.15) is 0 Å². The van der Waals surface area contributed by atoms with E-state index < -0.39 is 17.2 Å². The van der Waals surface area contributed by atoms with Crippen molar-refractivity contribution in [3.8, 4) is 11.8 Å². The number of ether oxygens (including phenoxy) is 2. The summed E-state index contributed by atoms with van der Waals surface area (Å²) in [7, 11) is 0. The number of rotatable bonds is 4. The third-order valence-electron chi connectivity index (χ3n) is 4.96. The molecule has 0 saturated carbocycles. The smallest absolute Gasteiger partial charge is 0.310 e. The number of benzene rings is 2. The fourth-order valence-corrected chi connectivity index (χ4v) is 4.40. The highest BCUT2D eigenvalue weighted by Crippen LogP contribution is 2.49. The second-order valence-corrected chi connectivity index (χ2v) is 8.94. The average Bonchev–Trinajstić information content (AvgIpc) is 2.71. The lowest BCUT2D eigenvalue weighted by molar-refractivity contribution is -0.156. The minimum absolute atomic E-state index is 0.207. The fraction of sp³-hybridized carbons (Fsp3) is 0.360.